The predicted molar refractivity (Wildman–Crippen MR) is 172 cm³/mol. The van der Waals surface area contributed by atoms with Gasteiger partial charge in [0.1, 0.15) is 23.1 Å². The van der Waals surface area contributed by atoms with Crippen LogP contribution in [0.1, 0.15) is 59.3 Å². The van der Waals surface area contributed by atoms with Crippen molar-refractivity contribution >= 4 is 23.4 Å². The summed E-state index contributed by atoms with van der Waals surface area (Å²) in [4.78, 5) is 34.4. The van der Waals surface area contributed by atoms with E-state index in [0.29, 0.717) is 48.7 Å². The highest BCUT2D eigenvalue weighted by atomic mass is 16.5. The van der Waals surface area contributed by atoms with Crippen LogP contribution in [0.25, 0.3) is 0 Å². The fourth-order valence-electron chi connectivity index (χ4n) is 6.28. The van der Waals surface area contributed by atoms with Gasteiger partial charge >= 0.3 is 6.03 Å². The molecule has 0 N–H and O–H groups in total. The molecule has 4 heterocycles. The number of hydrogen-bond donors (Lipinski definition) is 0. The molecule has 1 fully saturated rings. The topological polar surface area (TPSA) is 83.9 Å². The highest BCUT2D eigenvalue weighted by Crippen LogP contribution is 2.38. The van der Waals surface area contributed by atoms with Crippen molar-refractivity contribution < 1.29 is 14.3 Å². The number of likely N-dealkylation sites (tertiary alicyclic amines) is 1. The molecular formula is C35H40N6O3. The SMILES string of the molecule is CCOc1cc(C2CCN(C)CC2)ccc1Cc1ncc2c(n1)N(c1ccc(OC)cn1)C(=O)N(c1c(C)cccc1C)C2. The Bertz CT molecular complexity index is 1630. The lowest BCUT2D eigenvalue weighted by molar-refractivity contribution is 0.252. The highest BCUT2D eigenvalue weighted by Gasteiger charge is 2.36. The van der Waals surface area contributed by atoms with Crippen molar-refractivity contribution in [2.24, 2.45) is 0 Å². The number of rotatable bonds is 8. The Morgan fingerprint density at radius 2 is 1.75 bits per heavy atom. The average Bonchev–Trinajstić information content (AvgIpc) is 3.03. The number of para-hydroxylation sites is 1. The van der Waals surface area contributed by atoms with E-state index in [0.717, 1.165) is 59.6 Å². The Hall–Kier alpha value is -4.50. The summed E-state index contributed by atoms with van der Waals surface area (Å²) in [7, 11) is 3.78. The van der Waals surface area contributed by atoms with Gasteiger partial charge in [-0.3, -0.25) is 4.90 Å². The number of amides is 2. The first-order valence-corrected chi connectivity index (χ1v) is 15.3. The van der Waals surface area contributed by atoms with E-state index in [1.807, 2.05) is 45.2 Å². The Kier molecular flexibility index (Phi) is 8.48. The maximum atomic E-state index is 14.3. The quantitative estimate of drug-likeness (QED) is 0.229. The number of carbonyl (C=O) groups excluding carboxylic acids is 1. The molecule has 44 heavy (non-hydrogen) atoms. The molecule has 9 nitrogen and oxygen atoms in total. The predicted octanol–water partition coefficient (Wildman–Crippen LogP) is 6.57. The Balaban J connectivity index is 1.36. The van der Waals surface area contributed by atoms with Crippen molar-refractivity contribution in [1.29, 1.82) is 0 Å². The fourth-order valence-corrected chi connectivity index (χ4v) is 6.28. The van der Waals surface area contributed by atoms with Gasteiger partial charge in [0, 0.05) is 23.7 Å². The van der Waals surface area contributed by atoms with Crippen molar-refractivity contribution in [1.82, 2.24) is 19.9 Å². The maximum absolute atomic E-state index is 14.3. The molecule has 6 rings (SSSR count). The number of carbonyl (C=O) groups is 1. The summed E-state index contributed by atoms with van der Waals surface area (Å²) in [5, 5.41) is 0. The van der Waals surface area contributed by atoms with Crippen molar-refractivity contribution in [3.05, 3.63) is 94.6 Å². The van der Waals surface area contributed by atoms with Crippen molar-refractivity contribution in [3.8, 4) is 11.5 Å². The molecule has 0 radical (unpaired) electrons. The molecule has 2 aliphatic heterocycles. The van der Waals surface area contributed by atoms with Gasteiger partial charge < -0.3 is 14.4 Å². The van der Waals surface area contributed by atoms with E-state index in [-0.39, 0.29) is 6.03 Å². The van der Waals surface area contributed by atoms with E-state index in [9.17, 15) is 4.79 Å². The third-order valence-corrected chi connectivity index (χ3v) is 8.68. The third kappa shape index (κ3) is 5.84. The molecule has 0 bridgehead atoms. The monoisotopic (exact) mass is 592 g/mol. The number of urea groups is 1. The summed E-state index contributed by atoms with van der Waals surface area (Å²) in [6.45, 7) is 9.21. The third-order valence-electron chi connectivity index (χ3n) is 8.68. The zero-order valence-electron chi connectivity index (χ0n) is 26.2. The van der Waals surface area contributed by atoms with Gasteiger partial charge in [-0.15, -0.1) is 0 Å². The lowest BCUT2D eigenvalue weighted by Gasteiger charge is -2.36. The number of anilines is 3. The van der Waals surface area contributed by atoms with Gasteiger partial charge in [-0.25, -0.2) is 24.6 Å². The zero-order chi connectivity index (χ0) is 30.8. The molecular weight excluding hydrogens is 552 g/mol. The zero-order valence-corrected chi connectivity index (χ0v) is 26.2. The van der Waals surface area contributed by atoms with Gasteiger partial charge in [-0.2, -0.15) is 0 Å². The molecule has 2 aromatic carbocycles. The fraction of sp³-hybridized carbons (Fsp3) is 0.371. The van der Waals surface area contributed by atoms with E-state index in [1.54, 1.807) is 35.2 Å². The molecule has 0 atom stereocenters. The van der Waals surface area contributed by atoms with E-state index in [4.69, 9.17) is 19.4 Å². The second-order valence-corrected chi connectivity index (χ2v) is 11.7. The minimum Gasteiger partial charge on any atom is -0.495 e. The van der Waals surface area contributed by atoms with Crippen LogP contribution in [-0.2, 0) is 13.0 Å². The lowest BCUT2D eigenvalue weighted by Crippen LogP contribution is -2.46. The number of pyridine rings is 1. The molecule has 4 aromatic rings. The number of piperidine rings is 1. The molecule has 0 unspecified atom stereocenters. The van der Waals surface area contributed by atoms with E-state index >= 15 is 0 Å². The maximum Gasteiger partial charge on any atom is 0.336 e. The summed E-state index contributed by atoms with van der Waals surface area (Å²) in [6, 6.07) is 16.0. The van der Waals surface area contributed by atoms with Gasteiger partial charge in [-0.05, 0) is 94.6 Å². The van der Waals surface area contributed by atoms with Crippen LogP contribution in [-0.4, -0.2) is 59.7 Å². The van der Waals surface area contributed by atoms with E-state index in [2.05, 4.69) is 35.1 Å². The molecule has 2 aromatic heterocycles. The van der Waals surface area contributed by atoms with Crippen molar-refractivity contribution in [3.63, 3.8) is 0 Å². The van der Waals surface area contributed by atoms with Crippen molar-refractivity contribution in [2.45, 2.75) is 52.5 Å². The second kappa shape index (κ2) is 12.6. The van der Waals surface area contributed by atoms with Gasteiger partial charge in [0.25, 0.3) is 0 Å². The van der Waals surface area contributed by atoms with Gasteiger partial charge in [0.2, 0.25) is 0 Å². The highest BCUT2D eigenvalue weighted by molar-refractivity contribution is 6.10. The number of aryl methyl sites for hydroxylation is 2. The summed E-state index contributed by atoms with van der Waals surface area (Å²) in [5.74, 6) is 3.65. The normalized spacial score (nSPS) is 15.8. The standard InChI is InChI=1S/C35H40N6O3/c1-6-44-30-18-26(25-14-16-39(4)17-15-25)10-11-27(30)19-31-36-20-28-22-40(33-23(2)8-7-9-24(33)3)35(42)41(34(28)38-31)32-13-12-29(43-5)21-37-32/h7-13,18,20-21,25H,6,14-17,19,22H2,1-5H3. The van der Waals surface area contributed by atoms with Crippen LogP contribution in [0.3, 0.4) is 0 Å². The van der Waals surface area contributed by atoms with Crippen LogP contribution >= 0.6 is 0 Å². The lowest BCUT2D eigenvalue weighted by atomic mass is 9.88. The van der Waals surface area contributed by atoms with Crippen LogP contribution in [0.5, 0.6) is 11.5 Å². The first-order chi connectivity index (χ1) is 21.4. The summed E-state index contributed by atoms with van der Waals surface area (Å²) in [6.07, 6.45) is 6.24. The molecule has 2 aliphatic rings. The summed E-state index contributed by atoms with van der Waals surface area (Å²) >= 11 is 0. The van der Waals surface area contributed by atoms with Crippen LogP contribution in [0, 0.1) is 13.8 Å². The molecule has 0 spiro atoms. The Morgan fingerprint density at radius 1 is 0.977 bits per heavy atom. The first-order valence-electron chi connectivity index (χ1n) is 15.3. The Morgan fingerprint density at radius 3 is 2.43 bits per heavy atom. The largest absolute Gasteiger partial charge is 0.495 e. The number of hydrogen-bond acceptors (Lipinski definition) is 7. The van der Waals surface area contributed by atoms with E-state index in [1.165, 1.54) is 5.56 Å². The Labute approximate surface area is 259 Å². The van der Waals surface area contributed by atoms with E-state index < -0.39 is 0 Å². The summed E-state index contributed by atoms with van der Waals surface area (Å²) < 4.78 is 11.5. The number of ether oxygens (including phenoxy) is 2. The number of nitrogens with zero attached hydrogens (tertiary/aromatic N) is 6. The van der Waals surface area contributed by atoms with Crippen LogP contribution in [0.4, 0.5) is 22.1 Å². The molecule has 0 aliphatic carbocycles. The minimum absolute atomic E-state index is 0.213. The van der Waals surface area contributed by atoms with Gasteiger partial charge in [-0.1, -0.05) is 30.3 Å². The van der Waals surface area contributed by atoms with Gasteiger partial charge in [0.15, 0.2) is 5.82 Å². The molecule has 1 saturated heterocycles. The second-order valence-electron chi connectivity index (χ2n) is 11.7. The molecule has 9 heteroatoms. The molecule has 228 valence electrons. The van der Waals surface area contributed by atoms with Gasteiger partial charge in [0.05, 0.1) is 32.1 Å². The summed E-state index contributed by atoms with van der Waals surface area (Å²) in [5.41, 5.74) is 6.12. The van der Waals surface area contributed by atoms with Crippen LogP contribution < -0.4 is 19.3 Å². The number of benzene rings is 2. The average molecular weight is 593 g/mol. The van der Waals surface area contributed by atoms with Crippen LogP contribution in [0.2, 0.25) is 0 Å². The molecule has 0 saturated carbocycles. The molecule has 2 amide bonds. The number of fused-ring (bicyclic) bond motifs is 1. The van der Waals surface area contributed by atoms with Crippen molar-refractivity contribution in [2.75, 3.05) is 43.7 Å². The smallest absolute Gasteiger partial charge is 0.336 e. The number of aromatic nitrogens is 3. The number of methoxy groups -OCH3 is 1. The first kappa shape index (κ1) is 29.6. The minimum atomic E-state index is -0.213. The van der Waals surface area contributed by atoms with Crippen LogP contribution in [0.15, 0.2) is 60.9 Å².